The number of amides is 5. The molecule has 0 radical (unpaired) electrons. The fourth-order valence-electron chi connectivity index (χ4n) is 5.41. The van der Waals surface area contributed by atoms with Crippen LogP contribution in [0, 0.1) is 0 Å². The highest BCUT2D eigenvalue weighted by atomic mass is 16.5. The summed E-state index contributed by atoms with van der Waals surface area (Å²) in [5, 5.41) is 2.32. The van der Waals surface area contributed by atoms with Gasteiger partial charge in [-0.25, -0.2) is 4.79 Å². The van der Waals surface area contributed by atoms with Gasteiger partial charge in [0.15, 0.2) is 0 Å². The van der Waals surface area contributed by atoms with Crippen LogP contribution in [0.5, 0.6) is 0 Å². The summed E-state index contributed by atoms with van der Waals surface area (Å²) < 4.78 is 5.64. The van der Waals surface area contributed by atoms with Gasteiger partial charge in [0.1, 0.15) is 6.04 Å². The van der Waals surface area contributed by atoms with Crippen LogP contribution >= 0.6 is 0 Å². The number of nitrogens with zero attached hydrogens (tertiary/aromatic N) is 3. The SMILES string of the molecule is COC1(c2ccc(N3CCN(c4ccc5c(c4)CN(C4CCC(=O)NC4=O)C5=O)C3=O)cc2)CC1. The first-order valence-corrected chi connectivity index (χ1v) is 11.9. The summed E-state index contributed by atoms with van der Waals surface area (Å²) in [4.78, 5) is 55.0. The van der Waals surface area contributed by atoms with Gasteiger partial charge >= 0.3 is 6.03 Å². The van der Waals surface area contributed by atoms with Crippen LogP contribution in [0.4, 0.5) is 16.2 Å². The number of carbonyl (C=O) groups is 4. The summed E-state index contributed by atoms with van der Waals surface area (Å²) in [7, 11) is 1.73. The van der Waals surface area contributed by atoms with Crippen LogP contribution in [0.25, 0.3) is 0 Å². The maximum absolute atomic E-state index is 13.3. The zero-order valence-corrected chi connectivity index (χ0v) is 19.5. The van der Waals surface area contributed by atoms with Crippen molar-refractivity contribution in [1.29, 1.82) is 0 Å². The second-order valence-electron chi connectivity index (χ2n) is 9.57. The van der Waals surface area contributed by atoms with Crippen molar-refractivity contribution in [1.82, 2.24) is 10.2 Å². The predicted octanol–water partition coefficient (Wildman–Crippen LogP) is 2.53. The minimum absolute atomic E-state index is 0.114. The first-order valence-electron chi connectivity index (χ1n) is 11.9. The number of piperidine rings is 1. The van der Waals surface area contributed by atoms with Crippen LogP contribution in [-0.4, -0.2) is 54.9 Å². The maximum atomic E-state index is 13.3. The number of carbonyl (C=O) groups excluding carboxylic acids is 4. The Labute approximate surface area is 202 Å². The number of benzene rings is 2. The van der Waals surface area contributed by atoms with Crippen LogP contribution in [0.15, 0.2) is 42.5 Å². The predicted molar refractivity (Wildman–Crippen MR) is 127 cm³/mol. The summed E-state index contributed by atoms with van der Waals surface area (Å²) in [5.41, 5.74) is 3.85. The van der Waals surface area contributed by atoms with Gasteiger partial charge in [-0.1, -0.05) is 12.1 Å². The summed E-state index contributed by atoms with van der Waals surface area (Å²) in [6, 6.07) is 12.6. The second kappa shape index (κ2) is 7.91. The standard InChI is InChI=1S/C26H26N4O5/c1-35-26(10-11-26)17-2-4-18(5-3-17)28-12-13-29(25(28)34)19-6-7-20-16(14-19)15-30(24(20)33)21-8-9-22(31)27-23(21)32/h2-7,14,21H,8-13,15H2,1H3,(H,27,31,32). The Morgan fingerprint density at radius 1 is 0.943 bits per heavy atom. The molecule has 180 valence electrons. The van der Waals surface area contributed by atoms with Crippen molar-refractivity contribution in [3.05, 3.63) is 59.2 Å². The topological polar surface area (TPSA) is 99.3 Å². The molecule has 0 spiro atoms. The summed E-state index contributed by atoms with van der Waals surface area (Å²) in [6.07, 6.45) is 2.57. The first kappa shape index (κ1) is 21.8. The van der Waals surface area contributed by atoms with Crippen molar-refractivity contribution in [2.24, 2.45) is 0 Å². The number of anilines is 2. The highest BCUT2D eigenvalue weighted by Gasteiger charge is 2.45. The van der Waals surface area contributed by atoms with E-state index in [-0.39, 0.29) is 36.4 Å². The van der Waals surface area contributed by atoms with Gasteiger partial charge in [0, 0.05) is 50.1 Å². The molecule has 3 heterocycles. The van der Waals surface area contributed by atoms with Gasteiger partial charge in [-0.2, -0.15) is 0 Å². The third-order valence-corrected chi connectivity index (χ3v) is 7.63. The van der Waals surface area contributed by atoms with E-state index >= 15 is 0 Å². The van der Waals surface area contributed by atoms with Crippen LogP contribution < -0.4 is 15.1 Å². The molecular formula is C26H26N4O5. The van der Waals surface area contributed by atoms with Crippen molar-refractivity contribution >= 4 is 35.1 Å². The summed E-state index contributed by atoms with van der Waals surface area (Å²) in [5.74, 6) is -0.965. The highest BCUT2D eigenvalue weighted by Crippen LogP contribution is 2.49. The molecule has 2 saturated heterocycles. The molecule has 4 aliphatic rings. The van der Waals surface area contributed by atoms with Gasteiger partial charge in [0.05, 0.1) is 5.60 Å². The van der Waals surface area contributed by atoms with Gasteiger partial charge in [0.25, 0.3) is 5.91 Å². The van der Waals surface area contributed by atoms with Crippen molar-refractivity contribution in [2.75, 3.05) is 30.0 Å². The van der Waals surface area contributed by atoms with E-state index in [1.54, 1.807) is 29.0 Å². The third-order valence-electron chi connectivity index (χ3n) is 7.63. The number of hydrogen-bond donors (Lipinski definition) is 1. The first-order chi connectivity index (χ1) is 16.9. The van der Waals surface area contributed by atoms with Crippen molar-refractivity contribution in [3.8, 4) is 0 Å². The molecule has 1 aliphatic carbocycles. The Kier molecular flexibility index (Phi) is 4.93. The Morgan fingerprint density at radius 2 is 1.63 bits per heavy atom. The molecule has 9 nitrogen and oxygen atoms in total. The van der Waals surface area contributed by atoms with Crippen molar-refractivity contribution in [3.63, 3.8) is 0 Å². The number of fused-ring (bicyclic) bond motifs is 1. The quantitative estimate of drug-likeness (QED) is 0.672. The molecule has 3 fully saturated rings. The smallest absolute Gasteiger partial charge is 0.329 e. The van der Waals surface area contributed by atoms with E-state index in [0.717, 1.165) is 35.3 Å². The van der Waals surface area contributed by atoms with Crippen LogP contribution in [-0.2, 0) is 26.5 Å². The zero-order valence-electron chi connectivity index (χ0n) is 19.5. The lowest BCUT2D eigenvalue weighted by molar-refractivity contribution is -0.136. The van der Waals surface area contributed by atoms with Crippen molar-refractivity contribution < 1.29 is 23.9 Å². The number of nitrogens with one attached hydrogen (secondary N) is 1. The lowest BCUT2D eigenvalue weighted by Gasteiger charge is -2.29. The fraction of sp³-hybridized carbons (Fsp3) is 0.385. The molecule has 1 unspecified atom stereocenters. The Hall–Kier alpha value is -3.72. The Bertz CT molecular complexity index is 1250. The molecule has 1 atom stereocenters. The van der Waals surface area contributed by atoms with Gasteiger partial charge in [0.2, 0.25) is 11.8 Å². The number of imide groups is 1. The minimum atomic E-state index is -0.657. The zero-order chi connectivity index (χ0) is 24.3. The van der Waals surface area contributed by atoms with E-state index in [0.29, 0.717) is 25.1 Å². The normalized spacial score (nSPS) is 23.1. The molecular weight excluding hydrogens is 448 g/mol. The van der Waals surface area contributed by atoms with Gasteiger partial charge in [-0.3, -0.25) is 29.5 Å². The molecule has 1 saturated carbocycles. The Balaban J connectivity index is 1.18. The molecule has 2 aromatic carbocycles. The highest BCUT2D eigenvalue weighted by molar-refractivity contribution is 6.08. The number of urea groups is 1. The van der Waals surface area contributed by atoms with Crippen LogP contribution in [0.2, 0.25) is 0 Å². The minimum Gasteiger partial charge on any atom is -0.374 e. The molecule has 1 N–H and O–H groups in total. The van der Waals surface area contributed by atoms with E-state index in [9.17, 15) is 19.2 Å². The maximum Gasteiger partial charge on any atom is 0.329 e. The van der Waals surface area contributed by atoms with E-state index in [4.69, 9.17) is 4.74 Å². The van der Waals surface area contributed by atoms with Crippen LogP contribution in [0.3, 0.4) is 0 Å². The number of hydrogen-bond acceptors (Lipinski definition) is 5. The van der Waals surface area contributed by atoms with Gasteiger partial charge in [-0.05, 0) is 60.7 Å². The van der Waals surface area contributed by atoms with Gasteiger partial charge < -0.3 is 9.64 Å². The molecule has 9 heteroatoms. The van der Waals surface area contributed by atoms with Crippen LogP contribution in [0.1, 0.15) is 47.2 Å². The van der Waals surface area contributed by atoms with E-state index in [1.165, 1.54) is 4.90 Å². The van der Waals surface area contributed by atoms with E-state index in [1.807, 2.05) is 30.3 Å². The summed E-state index contributed by atoms with van der Waals surface area (Å²) >= 11 is 0. The van der Waals surface area contributed by atoms with E-state index in [2.05, 4.69) is 5.32 Å². The average molecular weight is 475 g/mol. The molecule has 6 rings (SSSR count). The van der Waals surface area contributed by atoms with E-state index < -0.39 is 11.9 Å². The Morgan fingerprint density at radius 3 is 2.29 bits per heavy atom. The number of ether oxygens (including phenoxy) is 1. The largest absolute Gasteiger partial charge is 0.374 e. The molecule has 2 aromatic rings. The molecule has 0 aromatic heterocycles. The average Bonchev–Trinajstić information content (AvgIpc) is 3.48. The molecule has 5 amide bonds. The van der Waals surface area contributed by atoms with Crippen molar-refractivity contribution in [2.45, 2.75) is 43.9 Å². The lowest BCUT2D eigenvalue weighted by atomic mass is 10.0. The lowest BCUT2D eigenvalue weighted by Crippen LogP contribution is -2.52. The molecule has 0 bridgehead atoms. The van der Waals surface area contributed by atoms with Gasteiger partial charge in [-0.15, -0.1) is 0 Å². The number of rotatable bonds is 5. The molecule has 3 aliphatic heterocycles. The number of methoxy groups -OCH3 is 1. The second-order valence-corrected chi connectivity index (χ2v) is 9.57. The monoisotopic (exact) mass is 474 g/mol. The molecule has 35 heavy (non-hydrogen) atoms. The fourth-order valence-corrected chi connectivity index (χ4v) is 5.41. The third kappa shape index (κ3) is 3.49. The summed E-state index contributed by atoms with van der Waals surface area (Å²) in [6.45, 7) is 1.38.